The van der Waals surface area contributed by atoms with Gasteiger partial charge in [0.15, 0.2) is 0 Å². The molecule has 0 atom stereocenters. The molecular formula is C15H26N4. The molecule has 4 nitrogen and oxygen atoms in total. The fourth-order valence-electron chi connectivity index (χ4n) is 2.54. The lowest BCUT2D eigenvalue weighted by Gasteiger charge is -2.41. The number of pyridine rings is 1. The maximum atomic E-state index is 4.34. The van der Waals surface area contributed by atoms with Crippen LogP contribution >= 0.6 is 0 Å². The SMILES string of the molecule is CC(C)(CNCCc1ccccn1)N1CCNCC1. The van der Waals surface area contributed by atoms with Crippen LogP contribution in [-0.4, -0.2) is 54.7 Å². The average Bonchev–Trinajstić information content (AvgIpc) is 2.46. The van der Waals surface area contributed by atoms with Gasteiger partial charge in [0.2, 0.25) is 0 Å². The van der Waals surface area contributed by atoms with Crippen molar-refractivity contribution in [1.82, 2.24) is 20.5 Å². The Kier molecular flexibility index (Phi) is 5.31. The van der Waals surface area contributed by atoms with Crippen molar-refractivity contribution in [2.75, 3.05) is 39.3 Å². The van der Waals surface area contributed by atoms with Crippen LogP contribution in [0.2, 0.25) is 0 Å². The standard InChI is InChI=1S/C15H26N4/c1-15(2,19-11-9-16-10-12-19)13-17-8-6-14-5-3-4-7-18-14/h3-5,7,16-17H,6,8-13H2,1-2H3. The molecule has 0 radical (unpaired) electrons. The maximum absolute atomic E-state index is 4.34. The minimum Gasteiger partial charge on any atom is -0.315 e. The number of piperazine rings is 1. The minimum absolute atomic E-state index is 0.228. The molecule has 4 heteroatoms. The lowest BCUT2D eigenvalue weighted by Crippen LogP contribution is -2.57. The summed E-state index contributed by atoms with van der Waals surface area (Å²) in [5.74, 6) is 0. The summed E-state index contributed by atoms with van der Waals surface area (Å²) in [6, 6.07) is 6.10. The third-order valence-electron chi connectivity index (χ3n) is 3.81. The van der Waals surface area contributed by atoms with Crippen molar-refractivity contribution in [1.29, 1.82) is 0 Å². The molecule has 1 fully saturated rings. The van der Waals surface area contributed by atoms with E-state index in [1.165, 1.54) is 0 Å². The van der Waals surface area contributed by atoms with E-state index in [0.717, 1.165) is 51.4 Å². The van der Waals surface area contributed by atoms with E-state index in [4.69, 9.17) is 0 Å². The normalized spacial score (nSPS) is 17.6. The predicted octanol–water partition coefficient (Wildman–Crippen LogP) is 0.898. The number of nitrogens with one attached hydrogen (secondary N) is 2. The Morgan fingerprint density at radius 1 is 1.32 bits per heavy atom. The van der Waals surface area contributed by atoms with Crippen LogP contribution in [0.25, 0.3) is 0 Å². The van der Waals surface area contributed by atoms with Crippen molar-refractivity contribution >= 4 is 0 Å². The number of hydrogen-bond donors (Lipinski definition) is 2. The van der Waals surface area contributed by atoms with Crippen molar-refractivity contribution in [3.8, 4) is 0 Å². The van der Waals surface area contributed by atoms with Crippen molar-refractivity contribution in [3.05, 3.63) is 30.1 Å². The Morgan fingerprint density at radius 2 is 2.11 bits per heavy atom. The first-order valence-corrected chi connectivity index (χ1v) is 7.25. The molecule has 1 saturated heterocycles. The van der Waals surface area contributed by atoms with Crippen LogP contribution in [0.5, 0.6) is 0 Å². The Hall–Kier alpha value is -0.970. The van der Waals surface area contributed by atoms with E-state index in [9.17, 15) is 0 Å². The Bertz CT molecular complexity index is 358. The van der Waals surface area contributed by atoms with E-state index in [-0.39, 0.29) is 5.54 Å². The molecular weight excluding hydrogens is 236 g/mol. The van der Waals surface area contributed by atoms with E-state index >= 15 is 0 Å². The van der Waals surface area contributed by atoms with E-state index < -0.39 is 0 Å². The van der Waals surface area contributed by atoms with Crippen LogP contribution in [0.15, 0.2) is 24.4 Å². The highest BCUT2D eigenvalue weighted by Crippen LogP contribution is 2.13. The second-order valence-electron chi connectivity index (χ2n) is 5.80. The van der Waals surface area contributed by atoms with Crippen LogP contribution in [0.3, 0.4) is 0 Å². The molecule has 0 saturated carbocycles. The van der Waals surface area contributed by atoms with Gasteiger partial charge in [0.05, 0.1) is 0 Å². The number of aromatic nitrogens is 1. The van der Waals surface area contributed by atoms with Crippen molar-refractivity contribution in [3.63, 3.8) is 0 Å². The van der Waals surface area contributed by atoms with Gasteiger partial charge in [-0.15, -0.1) is 0 Å². The molecule has 0 unspecified atom stereocenters. The molecule has 106 valence electrons. The molecule has 0 bridgehead atoms. The van der Waals surface area contributed by atoms with Crippen LogP contribution in [-0.2, 0) is 6.42 Å². The fourth-order valence-corrected chi connectivity index (χ4v) is 2.54. The first kappa shape index (κ1) is 14.4. The summed E-state index contributed by atoms with van der Waals surface area (Å²) in [5, 5.41) is 6.97. The van der Waals surface area contributed by atoms with Gasteiger partial charge in [-0.3, -0.25) is 9.88 Å². The van der Waals surface area contributed by atoms with Gasteiger partial charge in [-0.1, -0.05) is 6.07 Å². The first-order chi connectivity index (χ1) is 9.18. The highest BCUT2D eigenvalue weighted by Gasteiger charge is 2.26. The third kappa shape index (κ3) is 4.56. The van der Waals surface area contributed by atoms with Crippen LogP contribution in [0.1, 0.15) is 19.5 Å². The molecule has 0 spiro atoms. The summed E-state index contributed by atoms with van der Waals surface area (Å²) in [6.07, 6.45) is 2.86. The predicted molar refractivity (Wildman–Crippen MR) is 79.3 cm³/mol. The highest BCUT2D eigenvalue weighted by molar-refractivity contribution is 5.03. The second-order valence-corrected chi connectivity index (χ2v) is 5.80. The molecule has 1 aromatic heterocycles. The third-order valence-corrected chi connectivity index (χ3v) is 3.81. The molecule has 0 amide bonds. The topological polar surface area (TPSA) is 40.2 Å². The number of hydrogen-bond acceptors (Lipinski definition) is 4. The van der Waals surface area contributed by atoms with Crippen molar-refractivity contribution in [2.24, 2.45) is 0 Å². The summed E-state index contributed by atoms with van der Waals surface area (Å²) in [4.78, 5) is 6.91. The molecule has 0 aromatic carbocycles. The zero-order valence-electron chi connectivity index (χ0n) is 12.2. The first-order valence-electron chi connectivity index (χ1n) is 7.25. The molecule has 2 heterocycles. The summed E-state index contributed by atoms with van der Waals surface area (Å²) in [5.41, 5.74) is 1.39. The van der Waals surface area contributed by atoms with E-state index in [2.05, 4.69) is 40.4 Å². The van der Waals surface area contributed by atoms with Gasteiger partial charge in [-0.25, -0.2) is 0 Å². The van der Waals surface area contributed by atoms with Gasteiger partial charge in [0.1, 0.15) is 0 Å². The van der Waals surface area contributed by atoms with Gasteiger partial charge in [-0.2, -0.15) is 0 Å². The summed E-state index contributed by atoms with van der Waals surface area (Å²) in [7, 11) is 0. The zero-order valence-corrected chi connectivity index (χ0v) is 12.2. The summed E-state index contributed by atoms with van der Waals surface area (Å²) < 4.78 is 0. The Morgan fingerprint density at radius 3 is 2.79 bits per heavy atom. The van der Waals surface area contributed by atoms with Crippen LogP contribution in [0.4, 0.5) is 0 Å². The molecule has 1 aromatic rings. The molecule has 1 aliphatic rings. The zero-order chi connectivity index (χ0) is 13.6. The average molecular weight is 262 g/mol. The number of rotatable bonds is 6. The van der Waals surface area contributed by atoms with Crippen molar-refractivity contribution in [2.45, 2.75) is 25.8 Å². The molecule has 19 heavy (non-hydrogen) atoms. The quantitative estimate of drug-likeness (QED) is 0.747. The maximum Gasteiger partial charge on any atom is 0.0416 e. The lowest BCUT2D eigenvalue weighted by molar-refractivity contribution is 0.102. The van der Waals surface area contributed by atoms with E-state index in [1.807, 2.05) is 18.3 Å². The van der Waals surface area contributed by atoms with E-state index in [1.54, 1.807) is 0 Å². The van der Waals surface area contributed by atoms with Gasteiger partial charge in [0, 0.05) is 63.1 Å². The molecule has 0 aliphatic carbocycles. The van der Waals surface area contributed by atoms with Gasteiger partial charge < -0.3 is 10.6 Å². The lowest BCUT2D eigenvalue weighted by atomic mass is 10.0. The molecule has 2 rings (SSSR count). The van der Waals surface area contributed by atoms with Crippen molar-refractivity contribution < 1.29 is 0 Å². The summed E-state index contributed by atoms with van der Waals surface area (Å²) >= 11 is 0. The highest BCUT2D eigenvalue weighted by atomic mass is 15.2. The second kappa shape index (κ2) is 6.98. The fraction of sp³-hybridized carbons (Fsp3) is 0.667. The van der Waals surface area contributed by atoms with E-state index in [0.29, 0.717) is 0 Å². The van der Waals surface area contributed by atoms with Gasteiger partial charge >= 0.3 is 0 Å². The summed E-state index contributed by atoms with van der Waals surface area (Å²) in [6.45, 7) is 11.2. The molecule has 2 N–H and O–H groups in total. The Balaban J connectivity index is 1.69. The van der Waals surface area contributed by atoms with Gasteiger partial charge in [-0.05, 0) is 26.0 Å². The van der Waals surface area contributed by atoms with Gasteiger partial charge in [0.25, 0.3) is 0 Å². The smallest absolute Gasteiger partial charge is 0.0416 e. The largest absolute Gasteiger partial charge is 0.315 e. The monoisotopic (exact) mass is 262 g/mol. The van der Waals surface area contributed by atoms with Crippen LogP contribution < -0.4 is 10.6 Å². The number of nitrogens with zero attached hydrogens (tertiary/aromatic N) is 2. The Labute approximate surface area is 116 Å². The van der Waals surface area contributed by atoms with Crippen LogP contribution in [0, 0.1) is 0 Å². The molecule has 1 aliphatic heterocycles. The minimum atomic E-state index is 0.228.